The van der Waals surface area contributed by atoms with Gasteiger partial charge in [0.05, 0.1) is 21.7 Å². The molecule has 38 heavy (non-hydrogen) atoms. The number of ketones is 1. The number of hydrogen-bond acceptors (Lipinski definition) is 8. The van der Waals surface area contributed by atoms with Gasteiger partial charge in [-0.2, -0.15) is 0 Å². The molecule has 1 saturated carbocycles. The highest BCUT2D eigenvalue weighted by molar-refractivity contribution is 7.21. The molecule has 2 heterocycles. The molecule has 3 unspecified atom stereocenters. The van der Waals surface area contributed by atoms with Gasteiger partial charge in [0.1, 0.15) is 11.3 Å². The maximum absolute atomic E-state index is 14.0. The molecule has 0 spiro atoms. The van der Waals surface area contributed by atoms with Crippen molar-refractivity contribution < 1.29 is 14.3 Å². The third-order valence-corrected chi connectivity index (χ3v) is 9.55. The van der Waals surface area contributed by atoms with Gasteiger partial charge in [0.2, 0.25) is 0 Å². The minimum absolute atomic E-state index is 0.0292. The van der Waals surface area contributed by atoms with Crippen molar-refractivity contribution in [3.63, 3.8) is 0 Å². The fourth-order valence-electron chi connectivity index (χ4n) is 6.26. The average molecular weight is 534 g/mol. The average Bonchev–Trinajstić information content (AvgIpc) is 3.35. The highest BCUT2D eigenvalue weighted by Gasteiger charge is 2.49. The number of thiophene rings is 1. The van der Waals surface area contributed by atoms with Crippen LogP contribution in [0.3, 0.4) is 0 Å². The molecule has 1 amide bonds. The Morgan fingerprint density at radius 1 is 1.11 bits per heavy atom. The number of Topliss-reactive ketones (excluding diaryl/α,β-unsaturated/α-hetero) is 1. The molecule has 3 aliphatic rings. The van der Waals surface area contributed by atoms with Crippen LogP contribution < -0.4 is 32.6 Å². The Morgan fingerprint density at radius 3 is 2.68 bits per heavy atom. The van der Waals surface area contributed by atoms with Gasteiger partial charge >= 0.3 is 0 Å². The van der Waals surface area contributed by atoms with Crippen LogP contribution in [0.15, 0.2) is 36.4 Å². The number of piperidine rings is 1. The lowest BCUT2D eigenvalue weighted by Crippen LogP contribution is -2.52. The quantitative estimate of drug-likeness (QED) is 0.316. The van der Waals surface area contributed by atoms with Gasteiger partial charge in [-0.3, -0.25) is 9.59 Å². The Hall–Kier alpha value is -2.98. The molecule has 2 aromatic carbocycles. The van der Waals surface area contributed by atoms with Crippen LogP contribution in [0.25, 0.3) is 10.1 Å². The summed E-state index contributed by atoms with van der Waals surface area (Å²) in [6.45, 7) is 1.67. The van der Waals surface area contributed by atoms with E-state index in [2.05, 4.69) is 10.6 Å². The van der Waals surface area contributed by atoms with Crippen LogP contribution >= 0.6 is 11.3 Å². The normalized spacial score (nSPS) is 25.9. The summed E-state index contributed by atoms with van der Waals surface area (Å²) in [6, 6.07) is 10.0. The molecule has 9 heteroatoms. The van der Waals surface area contributed by atoms with Crippen molar-refractivity contribution in [1.82, 2.24) is 10.6 Å². The maximum Gasteiger partial charge on any atom is 0.262 e. The van der Waals surface area contributed by atoms with Crippen LogP contribution in [0.1, 0.15) is 77.3 Å². The number of amides is 1. The zero-order valence-electron chi connectivity index (χ0n) is 21.4. The number of ether oxygens (including phenoxy) is 1. The molecule has 1 aromatic heterocycles. The molecule has 2 fully saturated rings. The maximum atomic E-state index is 14.0. The van der Waals surface area contributed by atoms with E-state index in [0.29, 0.717) is 33.0 Å². The monoisotopic (exact) mass is 533 g/mol. The number of benzene rings is 2. The van der Waals surface area contributed by atoms with Crippen molar-refractivity contribution in [2.24, 2.45) is 11.5 Å². The topological polar surface area (TPSA) is 145 Å². The molecule has 200 valence electrons. The van der Waals surface area contributed by atoms with Crippen molar-refractivity contribution in [2.45, 2.75) is 68.7 Å². The van der Waals surface area contributed by atoms with Crippen LogP contribution in [0, 0.1) is 0 Å². The summed E-state index contributed by atoms with van der Waals surface area (Å²) in [7, 11) is 0. The SMILES string of the molecule is Nc1ccc2c3c(c(C(=O)NC4CCCNC4)sc13)C(N)C(=O)C2(N)c1cccc(OC2CCCCC2)c1. The van der Waals surface area contributed by atoms with E-state index in [0.717, 1.165) is 61.7 Å². The minimum atomic E-state index is -1.49. The molecule has 0 bridgehead atoms. The standard InChI is InChI=1S/C29H35N5O3S/c30-21-12-11-20-22-23(26(38-25(21)22)28(36)34-17-7-5-13-33-15-17)24(31)27(35)29(20,32)16-6-4-10-19(14-16)37-18-8-2-1-3-9-18/h4,6,10-12,14,17-18,24,33H,1-3,5,7-9,13,15,30-32H2,(H,34,36). The first-order chi connectivity index (χ1) is 18.4. The Morgan fingerprint density at radius 2 is 1.92 bits per heavy atom. The predicted octanol–water partition coefficient (Wildman–Crippen LogP) is 3.46. The molecule has 3 atom stereocenters. The number of rotatable bonds is 5. The van der Waals surface area contributed by atoms with Gasteiger partial charge in [-0.1, -0.05) is 24.6 Å². The molecule has 8 N–H and O–H groups in total. The molecule has 2 aliphatic carbocycles. The van der Waals surface area contributed by atoms with E-state index < -0.39 is 11.6 Å². The van der Waals surface area contributed by atoms with Crippen LogP contribution in [-0.2, 0) is 10.3 Å². The molecule has 3 aromatic rings. The number of anilines is 1. The zero-order chi connectivity index (χ0) is 26.4. The van der Waals surface area contributed by atoms with Crippen molar-refractivity contribution in [3.8, 4) is 5.75 Å². The van der Waals surface area contributed by atoms with E-state index in [-0.39, 0.29) is 23.8 Å². The number of nitrogens with one attached hydrogen (secondary N) is 2. The Labute approximate surface area is 226 Å². The van der Waals surface area contributed by atoms with Crippen LogP contribution in [0.4, 0.5) is 5.69 Å². The molecular formula is C29H35N5O3S. The molecule has 8 nitrogen and oxygen atoms in total. The van der Waals surface area contributed by atoms with Crippen LogP contribution in [0.2, 0.25) is 0 Å². The van der Waals surface area contributed by atoms with E-state index in [9.17, 15) is 9.59 Å². The molecule has 1 saturated heterocycles. The minimum Gasteiger partial charge on any atom is -0.490 e. The number of hydrogen-bond donors (Lipinski definition) is 5. The summed E-state index contributed by atoms with van der Waals surface area (Å²) >= 11 is 1.28. The van der Waals surface area contributed by atoms with Gasteiger partial charge in [-0.05, 0) is 74.4 Å². The summed E-state index contributed by atoms with van der Waals surface area (Å²) in [5.74, 6) is 0.123. The van der Waals surface area contributed by atoms with Crippen LogP contribution in [0.5, 0.6) is 5.75 Å². The first-order valence-electron chi connectivity index (χ1n) is 13.6. The van der Waals surface area contributed by atoms with E-state index in [4.69, 9.17) is 21.9 Å². The Balaban J connectivity index is 1.42. The highest BCUT2D eigenvalue weighted by Crippen LogP contribution is 2.49. The third kappa shape index (κ3) is 4.18. The fraction of sp³-hybridized carbons (Fsp3) is 0.448. The van der Waals surface area contributed by atoms with Crippen molar-refractivity contribution in [1.29, 1.82) is 0 Å². The number of carbonyl (C=O) groups excluding carboxylic acids is 2. The van der Waals surface area contributed by atoms with E-state index in [1.54, 1.807) is 12.1 Å². The lowest BCUT2D eigenvalue weighted by molar-refractivity contribution is -0.124. The Bertz CT molecular complexity index is 1390. The summed E-state index contributed by atoms with van der Waals surface area (Å²) in [5.41, 5.74) is 20.9. The van der Waals surface area contributed by atoms with Crippen molar-refractivity contribution in [2.75, 3.05) is 18.8 Å². The van der Waals surface area contributed by atoms with Gasteiger partial charge in [-0.25, -0.2) is 0 Å². The predicted molar refractivity (Wildman–Crippen MR) is 150 cm³/mol. The first kappa shape index (κ1) is 25.3. The van der Waals surface area contributed by atoms with Crippen LogP contribution in [-0.4, -0.2) is 36.9 Å². The van der Waals surface area contributed by atoms with Gasteiger partial charge in [-0.15, -0.1) is 11.3 Å². The van der Waals surface area contributed by atoms with Gasteiger partial charge in [0.15, 0.2) is 5.78 Å². The second-order valence-electron chi connectivity index (χ2n) is 10.8. The largest absolute Gasteiger partial charge is 0.490 e. The summed E-state index contributed by atoms with van der Waals surface area (Å²) < 4.78 is 7.02. The van der Waals surface area contributed by atoms with E-state index >= 15 is 0 Å². The number of nitrogens with two attached hydrogens (primary N) is 3. The summed E-state index contributed by atoms with van der Waals surface area (Å²) in [4.78, 5) is 27.9. The lowest BCUT2D eigenvalue weighted by Gasteiger charge is -2.37. The second kappa shape index (κ2) is 9.96. The van der Waals surface area contributed by atoms with E-state index in [1.807, 2.05) is 24.3 Å². The van der Waals surface area contributed by atoms with Crippen molar-refractivity contribution in [3.05, 3.63) is 58.0 Å². The smallest absolute Gasteiger partial charge is 0.262 e. The van der Waals surface area contributed by atoms with Gasteiger partial charge in [0.25, 0.3) is 5.91 Å². The molecular weight excluding hydrogens is 498 g/mol. The molecule has 0 radical (unpaired) electrons. The number of carbonyl (C=O) groups is 2. The fourth-order valence-corrected chi connectivity index (χ4v) is 7.47. The van der Waals surface area contributed by atoms with E-state index in [1.165, 1.54) is 17.8 Å². The number of nitrogen functional groups attached to an aromatic ring is 1. The molecule has 6 rings (SSSR count). The first-order valence-corrected chi connectivity index (χ1v) is 14.4. The second-order valence-corrected chi connectivity index (χ2v) is 11.8. The summed E-state index contributed by atoms with van der Waals surface area (Å²) in [5, 5.41) is 7.15. The lowest BCUT2D eigenvalue weighted by atomic mass is 9.70. The molecule has 1 aliphatic heterocycles. The van der Waals surface area contributed by atoms with Gasteiger partial charge in [0, 0.05) is 29.2 Å². The zero-order valence-corrected chi connectivity index (χ0v) is 22.2. The van der Waals surface area contributed by atoms with Crippen molar-refractivity contribution >= 4 is 38.8 Å². The Kier molecular flexibility index (Phi) is 6.63. The third-order valence-electron chi connectivity index (χ3n) is 8.30. The van der Waals surface area contributed by atoms with Gasteiger partial charge < -0.3 is 32.6 Å². The highest BCUT2D eigenvalue weighted by atomic mass is 32.1. The summed E-state index contributed by atoms with van der Waals surface area (Å²) in [6.07, 6.45) is 7.70.